The van der Waals surface area contributed by atoms with E-state index in [1.807, 2.05) is 0 Å². The van der Waals surface area contributed by atoms with Gasteiger partial charge in [-0.15, -0.1) is 0 Å². The van der Waals surface area contributed by atoms with Crippen LogP contribution in [0.25, 0.3) is 0 Å². The molecule has 6 heteroatoms. The molecule has 0 aromatic heterocycles. The molecule has 1 aromatic rings. The lowest BCUT2D eigenvalue weighted by molar-refractivity contribution is -0.117. The third kappa shape index (κ3) is 2.52. The van der Waals surface area contributed by atoms with Gasteiger partial charge in [0.15, 0.2) is 0 Å². The van der Waals surface area contributed by atoms with Crippen LogP contribution in [0.3, 0.4) is 0 Å². The second-order valence-corrected chi connectivity index (χ2v) is 5.66. The molecule has 0 N–H and O–H groups in total. The van der Waals surface area contributed by atoms with Crippen molar-refractivity contribution in [3.8, 4) is 0 Å². The summed E-state index contributed by atoms with van der Waals surface area (Å²) >= 11 is 9.43. The summed E-state index contributed by atoms with van der Waals surface area (Å²) in [5, 5.41) is 0.283. The largest absolute Gasteiger partial charge is 0.465 e. The number of rotatable bonds is 2. The van der Waals surface area contributed by atoms with Gasteiger partial charge in [-0.1, -0.05) is 27.5 Å². The van der Waals surface area contributed by atoms with Crippen molar-refractivity contribution >= 4 is 45.1 Å². The highest BCUT2D eigenvalue weighted by Crippen LogP contribution is 2.29. The van der Waals surface area contributed by atoms with E-state index in [0.29, 0.717) is 24.2 Å². The maximum absolute atomic E-state index is 11.7. The Bertz CT molecular complexity index is 506. The van der Waals surface area contributed by atoms with Gasteiger partial charge in [0.25, 0.3) is 0 Å². The van der Waals surface area contributed by atoms with Crippen LogP contribution < -0.4 is 4.90 Å². The Hall–Kier alpha value is -1.07. The molecule has 1 aliphatic heterocycles. The van der Waals surface area contributed by atoms with Crippen LogP contribution in [-0.4, -0.2) is 30.4 Å². The number of hydrogen-bond acceptors (Lipinski definition) is 3. The van der Waals surface area contributed by atoms with Gasteiger partial charge in [-0.3, -0.25) is 4.79 Å². The molecule has 0 aliphatic carbocycles. The third-order valence-corrected chi connectivity index (χ3v) is 3.67. The molecule has 1 amide bonds. The van der Waals surface area contributed by atoms with Crippen molar-refractivity contribution in [2.75, 3.05) is 18.6 Å². The number of halogens is 2. The number of benzene rings is 1. The quantitative estimate of drug-likeness (QED) is 0.618. The predicted molar refractivity (Wildman–Crippen MR) is 72.5 cm³/mol. The van der Waals surface area contributed by atoms with Crippen LogP contribution >= 0.6 is 27.5 Å². The molecule has 1 unspecified atom stereocenters. The highest BCUT2D eigenvalue weighted by Gasteiger charge is 2.29. The molecular weight excluding hydrogens is 321 g/mol. The lowest BCUT2D eigenvalue weighted by atomic mass is 10.2. The monoisotopic (exact) mass is 331 g/mol. The SMILES string of the molecule is COC(=O)c1ccc(N2CC(Br)CC2=O)cc1Cl. The number of carbonyl (C=O) groups is 2. The fourth-order valence-corrected chi connectivity index (χ4v) is 2.68. The number of ether oxygens (including phenoxy) is 1. The first-order valence-corrected chi connectivity index (χ1v) is 6.64. The van der Waals surface area contributed by atoms with Crippen LogP contribution in [0.4, 0.5) is 5.69 Å². The summed E-state index contributed by atoms with van der Waals surface area (Å²) in [6.45, 7) is 0.604. The molecule has 1 atom stereocenters. The summed E-state index contributed by atoms with van der Waals surface area (Å²) in [7, 11) is 1.30. The number of esters is 1. The Morgan fingerprint density at radius 1 is 1.56 bits per heavy atom. The average Bonchev–Trinajstić information content (AvgIpc) is 2.67. The lowest BCUT2D eigenvalue weighted by Crippen LogP contribution is -2.24. The van der Waals surface area contributed by atoms with E-state index >= 15 is 0 Å². The number of nitrogens with zero attached hydrogens (tertiary/aromatic N) is 1. The first-order valence-electron chi connectivity index (χ1n) is 5.35. The van der Waals surface area contributed by atoms with Crippen molar-refractivity contribution in [1.29, 1.82) is 0 Å². The normalized spacial score (nSPS) is 19.2. The predicted octanol–water partition coefficient (Wildman–Crippen LogP) is 2.63. The van der Waals surface area contributed by atoms with Gasteiger partial charge in [0.05, 0.1) is 17.7 Å². The van der Waals surface area contributed by atoms with Crippen LogP contribution in [0.1, 0.15) is 16.8 Å². The topological polar surface area (TPSA) is 46.6 Å². The molecule has 4 nitrogen and oxygen atoms in total. The first kappa shape index (κ1) is 13.4. The minimum absolute atomic E-state index is 0.0405. The lowest BCUT2D eigenvalue weighted by Gasteiger charge is -2.16. The van der Waals surface area contributed by atoms with Crippen molar-refractivity contribution in [3.05, 3.63) is 28.8 Å². The number of carbonyl (C=O) groups excluding carboxylic acids is 2. The molecule has 1 fully saturated rings. The smallest absolute Gasteiger partial charge is 0.339 e. The van der Waals surface area contributed by atoms with Crippen molar-refractivity contribution < 1.29 is 14.3 Å². The van der Waals surface area contributed by atoms with Crippen LogP contribution in [0.15, 0.2) is 18.2 Å². The average molecular weight is 333 g/mol. The Kier molecular flexibility index (Phi) is 3.92. The molecule has 0 radical (unpaired) electrons. The zero-order chi connectivity index (χ0) is 13.3. The van der Waals surface area contributed by atoms with E-state index in [1.165, 1.54) is 7.11 Å². The summed E-state index contributed by atoms with van der Waals surface area (Å²) in [6, 6.07) is 4.87. The molecule has 0 saturated carbocycles. The van der Waals surface area contributed by atoms with E-state index in [2.05, 4.69) is 20.7 Å². The number of methoxy groups -OCH3 is 1. The summed E-state index contributed by atoms with van der Waals surface area (Å²) in [5.41, 5.74) is 0.990. The highest BCUT2D eigenvalue weighted by atomic mass is 79.9. The van der Waals surface area contributed by atoms with Gasteiger partial charge in [-0.2, -0.15) is 0 Å². The van der Waals surface area contributed by atoms with Gasteiger partial charge in [-0.25, -0.2) is 4.79 Å². The summed E-state index contributed by atoms with van der Waals surface area (Å²) in [5.74, 6) is -0.448. The van der Waals surface area contributed by atoms with Gasteiger partial charge >= 0.3 is 5.97 Å². The molecular formula is C12H11BrClNO3. The second kappa shape index (κ2) is 5.28. The van der Waals surface area contributed by atoms with Gasteiger partial charge < -0.3 is 9.64 Å². The highest BCUT2D eigenvalue weighted by molar-refractivity contribution is 9.09. The molecule has 1 aromatic carbocycles. The molecule has 0 bridgehead atoms. The van der Waals surface area contributed by atoms with E-state index in [0.717, 1.165) is 0 Å². The van der Waals surface area contributed by atoms with Gasteiger partial charge in [0, 0.05) is 23.5 Å². The Balaban J connectivity index is 2.29. The fraction of sp³-hybridized carbons (Fsp3) is 0.333. The van der Waals surface area contributed by atoms with Crippen molar-refractivity contribution in [2.45, 2.75) is 11.2 Å². The van der Waals surface area contributed by atoms with Gasteiger partial charge in [-0.05, 0) is 18.2 Å². The van der Waals surface area contributed by atoms with Gasteiger partial charge in [0.2, 0.25) is 5.91 Å². The molecule has 1 saturated heterocycles. The van der Waals surface area contributed by atoms with Crippen LogP contribution in [0.5, 0.6) is 0 Å². The Morgan fingerprint density at radius 3 is 2.78 bits per heavy atom. The molecule has 1 heterocycles. The second-order valence-electron chi connectivity index (χ2n) is 3.96. The maximum Gasteiger partial charge on any atom is 0.339 e. The standard InChI is InChI=1S/C12H11BrClNO3/c1-18-12(17)9-3-2-8(5-10(9)14)15-6-7(13)4-11(15)16/h2-3,5,7H,4,6H2,1H3. The molecule has 18 heavy (non-hydrogen) atoms. The third-order valence-electron chi connectivity index (χ3n) is 2.75. The minimum atomic E-state index is -0.488. The van der Waals surface area contributed by atoms with Gasteiger partial charge in [0.1, 0.15) is 0 Å². The Morgan fingerprint density at radius 2 is 2.28 bits per heavy atom. The van der Waals surface area contributed by atoms with E-state index in [4.69, 9.17) is 11.6 Å². The van der Waals surface area contributed by atoms with E-state index in [1.54, 1.807) is 23.1 Å². The molecule has 96 valence electrons. The summed E-state index contributed by atoms with van der Waals surface area (Å²) in [4.78, 5) is 24.9. The molecule has 1 aliphatic rings. The first-order chi connectivity index (χ1) is 8.52. The van der Waals surface area contributed by atoms with Crippen LogP contribution in [0, 0.1) is 0 Å². The van der Waals surface area contributed by atoms with Crippen molar-refractivity contribution in [3.63, 3.8) is 0 Å². The Labute approximate surface area is 118 Å². The van der Waals surface area contributed by atoms with Crippen molar-refractivity contribution in [2.24, 2.45) is 0 Å². The summed E-state index contributed by atoms with van der Waals surface area (Å²) in [6.07, 6.45) is 0.469. The molecule has 0 spiro atoms. The number of hydrogen-bond donors (Lipinski definition) is 0. The number of amides is 1. The van der Waals surface area contributed by atoms with E-state index < -0.39 is 5.97 Å². The molecule has 2 rings (SSSR count). The van der Waals surface area contributed by atoms with Crippen LogP contribution in [0.2, 0.25) is 5.02 Å². The number of alkyl halides is 1. The number of anilines is 1. The van der Waals surface area contributed by atoms with Crippen molar-refractivity contribution in [1.82, 2.24) is 0 Å². The maximum atomic E-state index is 11.7. The zero-order valence-electron chi connectivity index (χ0n) is 9.65. The fourth-order valence-electron chi connectivity index (χ4n) is 1.86. The minimum Gasteiger partial charge on any atom is -0.465 e. The summed E-state index contributed by atoms with van der Waals surface area (Å²) < 4.78 is 4.61. The zero-order valence-corrected chi connectivity index (χ0v) is 12.0. The van der Waals surface area contributed by atoms with E-state index in [-0.39, 0.29) is 15.8 Å². The van der Waals surface area contributed by atoms with E-state index in [9.17, 15) is 9.59 Å². The van der Waals surface area contributed by atoms with Crippen LogP contribution in [-0.2, 0) is 9.53 Å².